The molecule has 1 aromatic carbocycles. The molecule has 0 spiro atoms. The lowest BCUT2D eigenvalue weighted by Gasteiger charge is -2.39. The number of anilines is 1. The first-order chi connectivity index (χ1) is 11.8. The predicted octanol–water partition coefficient (Wildman–Crippen LogP) is 4.33. The Labute approximate surface area is 155 Å². The normalized spacial score (nSPS) is 33.0. The van der Waals surface area contributed by atoms with Crippen LogP contribution in [-0.4, -0.2) is 21.5 Å². The summed E-state index contributed by atoms with van der Waals surface area (Å²) in [5, 5.41) is 4.06. The third-order valence-electron chi connectivity index (χ3n) is 7.01. The maximum absolute atomic E-state index is 13.4. The summed E-state index contributed by atoms with van der Waals surface area (Å²) in [4.78, 5) is 30.2. The largest absolute Gasteiger partial charge is 0.324 e. The number of hydrogen-bond donors (Lipinski definition) is 1. The quantitative estimate of drug-likeness (QED) is 0.762. The fourth-order valence-electron chi connectivity index (χ4n) is 4.89. The molecular weight excluding hydrogens is 380 g/mol. The highest BCUT2D eigenvalue weighted by Crippen LogP contribution is 2.72. The van der Waals surface area contributed by atoms with Gasteiger partial charge in [0.1, 0.15) is 0 Å². The first-order valence-corrected chi connectivity index (χ1v) is 9.51. The van der Waals surface area contributed by atoms with Crippen LogP contribution in [0.15, 0.2) is 36.5 Å². The molecular formula is C20H21BrN2O2. The van der Waals surface area contributed by atoms with Gasteiger partial charge in [-0.2, -0.15) is 0 Å². The minimum atomic E-state index is -0.740. The van der Waals surface area contributed by atoms with E-state index in [2.05, 4.69) is 40.1 Å². The lowest BCUT2D eigenvalue weighted by Crippen LogP contribution is -2.48. The van der Waals surface area contributed by atoms with Gasteiger partial charge in [-0.3, -0.25) is 14.6 Å². The Morgan fingerprint density at radius 1 is 1.20 bits per heavy atom. The van der Waals surface area contributed by atoms with Gasteiger partial charge in [0.25, 0.3) is 0 Å². The van der Waals surface area contributed by atoms with Gasteiger partial charge >= 0.3 is 0 Å². The molecule has 2 aromatic rings. The van der Waals surface area contributed by atoms with Gasteiger partial charge in [0.05, 0.1) is 21.4 Å². The van der Waals surface area contributed by atoms with E-state index in [1.54, 1.807) is 6.20 Å². The number of alkyl halides is 1. The van der Waals surface area contributed by atoms with Crippen LogP contribution >= 0.6 is 15.9 Å². The Morgan fingerprint density at radius 3 is 2.60 bits per heavy atom. The molecule has 1 heterocycles. The molecule has 3 atom stereocenters. The van der Waals surface area contributed by atoms with Crippen LogP contribution in [0, 0.1) is 16.2 Å². The van der Waals surface area contributed by atoms with Gasteiger partial charge in [0, 0.05) is 17.0 Å². The number of benzene rings is 1. The Hall–Kier alpha value is -1.75. The second kappa shape index (κ2) is 5.13. The van der Waals surface area contributed by atoms with Crippen molar-refractivity contribution < 1.29 is 9.59 Å². The fraction of sp³-hybridized carbons (Fsp3) is 0.450. The molecule has 2 fully saturated rings. The van der Waals surface area contributed by atoms with E-state index in [9.17, 15) is 9.59 Å². The van der Waals surface area contributed by atoms with Crippen LogP contribution in [-0.2, 0) is 9.59 Å². The van der Waals surface area contributed by atoms with E-state index in [4.69, 9.17) is 0 Å². The number of amides is 1. The molecule has 4 nitrogen and oxygen atoms in total. The van der Waals surface area contributed by atoms with E-state index < -0.39 is 21.1 Å². The Balaban J connectivity index is 1.78. The summed E-state index contributed by atoms with van der Waals surface area (Å²) in [5.74, 6) is 0.0575. The highest BCUT2D eigenvalue weighted by Gasteiger charge is 2.76. The maximum atomic E-state index is 13.4. The van der Waals surface area contributed by atoms with E-state index in [0.717, 1.165) is 17.3 Å². The van der Waals surface area contributed by atoms with Crippen molar-refractivity contribution in [1.29, 1.82) is 0 Å². The zero-order valence-corrected chi connectivity index (χ0v) is 16.2. The third-order valence-corrected chi connectivity index (χ3v) is 8.20. The van der Waals surface area contributed by atoms with Crippen molar-refractivity contribution in [2.24, 2.45) is 16.2 Å². The minimum absolute atomic E-state index is 0.0906. The highest BCUT2D eigenvalue weighted by molar-refractivity contribution is 9.10. The van der Waals surface area contributed by atoms with Gasteiger partial charge in [0.2, 0.25) is 5.91 Å². The van der Waals surface area contributed by atoms with Crippen molar-refractivity contribution in [2.75, 3.05) is 5.32 Å². The summed E-state index contributed by atoms with van der Waals surface area (Å²) in [6.07, 6.45) is 3.18. The van der Waals surface area contributed by atoms with E-state index >= 15 is 0 Å². The van der Waals surface area contributed by atoms with Crippen molar-refractivity contribution in [1.82, 2.24) is 4.98 Å². The number of ketones is 1. The van der Waals surface area contributed by atoms with E-state index in [1.807, 2.05) is 37.3 Å². The number of aromatic nitrogens is 1. The molecule has 2 aliphatic carbocycles. The third kappa shape index (κ3) is 1.85. The summed E-state index contributed by atoms with van der Waals surface area (Å²) in [6.45, 7) is 6.12. The molecule has 0 radical (unpaired) electrons. The highest BCUT2D eigenvalue weighted by atomic mass is 79.9. The number of fused-ring (bicyclic) bond motifs is 3. The van der Waals surface area contributed by atoms with Gasteiger partial charge in [-0.15, -0.1) is 0 Å². The number of rotatable bonds is 2. The molecule has 5 heteroatoms. The van der Waals surface area contributed by atoms with E-state index in [-0.39, 0.29) is 11.7 Å². The standard InChI is InChI=1S/C20H21BrN2O2/c1-18(2)19(3)9-10-20(18,15(21)16(19)24)17(25)23-13-8-4-6-12-7-5-11-22-14(12)13/h4-8,11,15H,9-10H2,1-3H3,(H,23,25). The number of pyridine rings is 1. The summed E-state index contributed by atoms with van der Waals surface area (Å²) in [7, 11) is 0. The van der Waals surface area contributed by atoms with Crippen LogP contribution < -0.4 is 5.32 Å². The lowest BCUT2D eigenvalue weighted by molar-refractivity contribution is -0.130. The Kier molecular flexibility index (Phi) is 3.43. The number of halogens is 1. The average Bonchev–Trinajstić information content (AvgIpc) is 2.87. The molecule has 3 unspecified atom stereocenters. The van der Waals surface area contributed by atoms with E-state index in [1.165, 1.54) is 0 Å². The molecule has 1 N–H and O–H groups in total. The van der Waals surface area contributed by atoms with Gasteiger partial charge < -0.3 is 5.32 Å². The monoisotopic (exact) mass is 400 g/mol. The van der Waals surface area contributed by atoms with Crippen molar-refractivity contribution in [3.8, 4) is 0 Å². The van der Waals surface area contributed by atoms with Crippen LogP contribution in [0.2, 0.25) is 0 Å². The van der Waals surface area contributed by atoms with E-state index in [0.29, 0.717) is 12.1 Å². The van der Waals surface area contributed by atoms with Crippen LogP contribution in [0.4, 0.5) is 5.69 Å². The number of carbonyl (C=O) groups is 2. The van der Waals surface area contributed by atoms with Crippen LogP contribution in [0.1, 0.15) is 33.6 Å². The SMILES string of the molecule is CC12CCC(C(=O)Nc3cccc4cccnc34)(C(Br)C1=O)C2(C)C. The first-order valence-electron chi connectivity index (χ1n) is 8.59. The summed E-state index contributed by atoms with van der Waals surface area (Å²) < 4.78 is 0. The zero-order valence-electron chi connectivity index (χ0n) is 14.6. The molecule has 1 amide bonds. The van der Waals surface area contributed by atoms with Gasteiger partial charge in [-0.05, 0) is 30.4 Å². The Bertz CT molecular complexity index is 904. The minimum Gasteiger partial charge on any atom is -0.324 e. The topological polar surface area (TPSA) is 59.1 Å². The zero-order chi connectivity index (χ0) is 18.0. The molecule has 2 aliphatic rings. The van der Waals surface area contributed by atoms with Crippen molar-refractivity contribution >= 4 is 44.2 Å². The van der Waals surface area contributed by atoms with Crippen LogP contribution in [0.25, 0.3) is 10.9 Å². The summed E-state index contributed by atoms with van der Waals surface area (Å²) in [5.41, 5.74) is -0.150. The first kappa shape index (κ1) is 16.7. The molecule has 0 saturated heterocycles. The maximum Gasteiger partial charge on any atom is 0.232 e. The number of nitrogens with zero attached hydrogens (tertiary/aromatic N) is 1. The summed E-state index contributed by atoms with van der Waals surface area (Å²) in [6, 6.07) is 9.60. The molecule has 4 rings (SSSR count). The average molecular weight is 401 g/mol. The number of carbonyl (C=O) groups excluding carboxylic acids is 2. The predicted molar refractivity (Wildman–Crippen MR) is 102 cm³/mol. The smallest absolute Gasteiger partial charge is 0.232 e. The number of Topliss-reactive ketones (excluding diaryl/α,β-unsaturated/α-hetero) is 1. The number of para-hydroxylation sites is 1. The second-order valence-corrected chi connectivity index (χ2v) is 8.91. The molecule has 1 aromatic heterocycles. The lowest BCUT2D eigenvalue weighted by atomic mass is 9.64. The molecule has 2 bridgehead atoms. The molecule has 130 valence electrons. The molecule has 0 aliphatic heterocycles. The van der Waals surface area contributed by atoms with Crippen molar-refractivity contribution in [3.63, 3.8) is 0 Å². The summed E-state index contributed by atoms with van der Waals surface area (Å²) >= 11 is 3.57. The van der Waals surface area contributed by atoms with Crippen molar-refractivity contribution in [3.05, 3.63) is 36.5 Å². The Morgan fingerprint density at radius 2 is 1.92 bits per heavy atom. The molecule has 2 saturated carbocycles. The van der Waals surface area contributed by atoms with Crippen LogP contribution in [0.5, 0.6) is 0 Å². The van der Waals surface area contributed by atoms with Gasteiger partial charge in [-0.25, -0.2) is 0 Å². The van der Waals surface area contributed by atoms with Crippen molar-refractivity contribution in [2.45, 2.75) is 38.4 Å². The number of hydrogen-bond acceptors (Lipinski definition) is 3. The second-order valence-electron chi connectivity index (χ2n) is 7.99. The van der Waals surface area contributed by atoms with Crippen LogP contribution in [0.3, 0.4) is 0 Å². The fourth-order valence-corrected chi connectivity index (χ4v) is 6.41. The van der Waals surface area contributed by atoms with Gasteiger partial charge in [-0.1, -0.05) is 54.9 Å². The van der Waals surface area contributed by atoms with Gasteiger partial charge in [0.15, 0.2) is 5.78 Å². The molecule has 25 heavy (non-hydrogen) atoms. The number of nitrogens with one attached hydrogen (secondary N) is 1.